The molecule has 4 atom stereocenters. The van der Waals surface area contributed by atoms with Crippen molar-refractivity contribution in [2.24, 2.45) is 0 Å². The molecule has 3 aliphatic rings. The number of nitrogens with zero attached hydrogens (tertiary/aromatic N) is 3. The van der Waals surface area contributed by atoms with Crippen LogP contribution in [0.5, 0.6) is 0 Å². The number of halogens is 1. The number of thiazole rings is 1. The molecule has 3 unspecified atom stereocenters. The summed E-state index contributed by atoms with van der Waals surface area (Å²) in [5.74, 6) is -1.14. The Bertz CT molecular complexity index is 1450. The van der Waals surface area contributed by atoms with Crippen LogP contribution in [-0.2, 0) is 14.6 Å². The molecule has 4 N–H and O–H groups in total. The Balaban J connectivity index is 1.20. The number of para-hydroxylation sites is 1. The molecule has 0 spiro atoms. The van der Waals surface area contributed by atoms with Gasteiger partial charge < -0.3 is 15.5 Å². The lowest BCUT2D eigenvalue weighted by molar-refractivity contribution is -0.129. The molecule has 4 heterocycles. The number of rotatable bonds is 6. The van der Waals surface area contributed by atoms with Crippen molar-refractivity contribution in [3.63, 3.8) is 0 Å². The summed E-state index contributed by atoms with van der Waals surface area (Å²) in [5, 5.41) is 14.7. The molecule has 1 aromatic heterocycles. The zero-order chi connectivity index (χ0) is 27.9. The van der Waals surface area contributed by atoms with E-state index in [-0.39, 0.29) is 23.0 Å². The zero-order valence-corrected chi connectivity index (χ0v) is 23.9. The number of carbonyl (C=O) groups is 1. The number of sulfone groups is 1. The highest BCUT2D eigenvalue weighted by Crippen LogP contribution is 2.32. The molecule has 6 rings (SSSR count). The van der Waals surface area contributed by atoms with Crippen molar-refractivity contribution in [1.82, 2.24) is 31.2 Å². The summed E-state index contributed by atoms with van der Waals surface area (Å²) in [7, 11) is -3.59. The van der Waals surface area contributed by atoms with E-state index in [1.165, 1.54) is 12.1 Å². The topological polar surface area (TPSA) is 119 Å². The van der Waals surface area contributed by atoms with Crippen LogP contribution in [0.2, 0.25) is 0 Å². The van der Waals surface area contributed by atoms with Crippen LogP contribution >= 0.6 is 11.3 Å². The summed E-state index contributed by atoms with van der Waals surface area (Å²) >= 11 is 1.55. The van der Waals surface area contributed by atoms with E-state index in [0.29, 0.717) is 31.9 Å². The second-order valence-electron chi connectivity index (χ2n) is 10.7. The molecular weight excluding hydrogens is 553 g/mol. The summed E-state index contributed by atoms with van der Waals surface area (Å²) in [6.45, 7) is 4.09. The molecular formula is C27H34FN7O3S2. The first-order chi connectivity index (χ1) is 19.3. The van der Waals surface area contributed by atoms with E-state index in [0.717, 1.165) is 53.5 Å². The molecule has 1 amide bonds. The van der Waals surface area contributed by atoms with E-state index in [9.17, 15) is 17.6 Å². The number of piperazine rings is 1. The number of nitrogens with one attached hydrogen (secondary N) is 4. The minimum Gasteiger partial charge on any atom is -0.368 e. The first kappa shape index (κ1) is 27.5. The van der Waals surface area contributed by atoms with Crippen molar-refractivity contribution in [3.8, 4) is 0 Å². The van der Waals surface area contributed by atoms with Gasteiger partial charge >= 0.3 is 0 Å². The molecule has 3 fully saturated rings. The Kier molecular flexibility index (Phi) is 7.77. The van der Waals surface area contributed by atoms with Gasteiger partial charge in [0.1, 0.15) is 23.0 Å². The van der Waals surface area contributed by atoms with Crippen LogP contribution in [0.4, 0.5) is 10.1 Å². The summed E-state index contributed by atoms with van der Waals surface area (Å²) in [6, 6.07) is 12.1. The SMILES string of the molecule is CS(=O)(=O)c1cc(F)ccc1N1CCN(C2NC(=O)C(c3nc4ccccc4s3)C(N[C@@H]3CCCNC3)N2)CC1. The Morgan fingerprint density at radius 3 is 2.65 bits per heavy atom. The quantitative estimate of drug-likeness (QED) is 0.340. The Morgan fingerprint density at radius 1 is 1.12 bits per heavy atom. The van der Waals surface area contributed by atoms with Gasteiger partial charge in [-0.3, -0.25) is 20.3 Å². The maximum Gasteiger partial charge on any atom is 0.235 e. The van der Waals surface area contributed by atoms with Gasteiger partial charge in [0.25, 0.3) is 0 Å². The summed E-state index contributed by atoms with van der Waals surface area (Å²) in [5.41, 5.74) is 1.39. The molecule has 3 aromatic rings. The van der Waals surface area contributed by atoms with E-state index in [4.69, 9.17) is 4.98 Å². The highest BCUT2D eigenvalue weighted by molar-refractivity contribution is 7.90. The maximum atomic E-state index is 13.9. The zero-order valence-electron chi connectivity index (χ0n) is 22.3. The van der Waals surface area contributed by atoms with Crippen LogP contribution in [0, 0.1) is 5.82 Å². The van der Waals surface area contributed by atoms with Crippen molar-refractivity contribution in [2.45, 2.75) is 42.2 Å². The Morgan fingerprint density at radius 2 is 1.93 bits per heavy atom. The number of aromatic nitrogens is 1. The van der Waals surface area contributed by atoms with E-state index >= 15 is 0 Å². The molecule has 40 heavy (non-hydrogen) atoms. The van der Waals surface area contributed by atoms with Crippen molar-refractivity contribution in [1.29, 1.82) is 0 Å². The number of carbonyl (C=O) groups excluding carboxylic acids is 1. The maximum absolute atomic E-state index is 13.9. The smallest absolute Gasteiger partial charge is 0.235 e. The number of amides is 1. The van der Waals surface area contributed by atoms with Gasteiger partial charge in [-0.25, -0.2) is 17.8 Å². The van der Waals surface area contributed by atoms with Crippen LogP contribution in [-0.4, -0.2) is 88.2 Å². The molecule has 0 aliphatic carbocycles. The number of piperidine rings is 1. The molecule has 3 saturated heterocycles. The number of hydrogen-bond donors (Lipinski definition) is 4. The van der Waals surface area contributed by atoms with Crippen molar-refractivity contribution in [2.75, 3.05) is 50.4 Å². The predicted molar refractivity (Wildman–Crippen MR) is 154 cm³/mol. The lowest BCUT2D eigenvalue weighted by atomic mass is 10.00. The summed E-state index contributed by atoms with van der Waals surface area (Å²) in [4.78, 5) is 22.6. The first-order valence-corrected chi connectivity index (χ1v) is 16.3. The van der Waals surface area contributed by atoms with E-state index in [1.54, 1.807) is 11.3 Å². The first-order valence-electron chi connectivity index (χ1n) is 13.6. The van der Waals surface area contributed by atoms with Crippen molar-refractivity contribution >= 4 is 43.0 Å². The molecule has 0 radical (unpaired) electrons. The fourth-order valence-corrected chi connectivity index (χ4v) is 7.83. The minimum atomic E-state index is -3.59. The average Bonchev–Trinajstić information content (AvgIpc) is 3.37. The lowest BCUT2D eigenvalue weighted by Gasteiger charge is -2.46. The van der Waals surface area contributed by atoms with Gasteiger partial charge in [0.15, 0.2) is 9.84 Å². The third-order valence-corrected chi connectivity index (χ3v) is 10.1. The van der Waals surface area contributed by atoms with Crippen molar-refractivity contribution < 1.29 is 17.6 Å². The van der Waals surface area contributed by atoms with Gasteiger partial charge in [0.2, 0.25) is 5.91 Å². The highest BCUT2D eigenvalue weighted by atomic mass is 32.2. The molecule has 214 valence electrons. The molecule has 3 aliphatic heterocycles. The number of hydrogen-bond acceptors (Lipinski definition) is 10. The Labute approximate surface area is 237 Å². The standard InChI is InChI=1S/C27H34FN7O3S2/c1-40(37,38)22-15-17(28)8-9-20(22)34-11-13-35(14-12-34)27-32-24(30-18-5-4-10-29-16-18)23(25(36)33-27)26-31-19-6-2-3-7-21(19)39-26/h2-3,6-9,15,18,23-24,27,29-30,32H,4-5,10-14,16H2,1H3,(H,33,36)/t18-,23?,24?,27?/m1/s1. The number of anilines is 1. The number of benzene rings is 2. The van der Waals surface area contributed by atoms with Crippen LogP contribution in [0.3, 0.4) is 0 Å². The minimum absolute atomic E-state index is 0.00549. The van der Waals surface area contributed by atoms with E-state index < -0.39 is 27.9 Å². The average molecular weight is 588 g/mol. The van der Waals surface area contributed by atoms with Crippen molar-refractivity contribution in [3.05, 3.63) is 53.3 Å². The summed E-state index contributed by atoms with van der Waals surface area (Å²) < 4.78 is 39.6. The van der Waals surface area contributed by atoms with Crippen LogP contribution in [0.1, 0.15) is 23.8 Å². The third-order valence-electron chi connectivity index (χ3n) is 7.86. The molecule has 0 saturated carbocycles. The largest absolute Gasteiger partial charge is 0.368 e. The second-order valence-corrected chi connectivity index (χ2v) is 13.7. The molecule has 13 heteroatoms. The monoisotopic (exact) mass is 587 g/mol. The number of fused-ring (bicyclic) bond motifs is 1. The van der Waals surface area contributed by atoms with E-state index in [2.05, 4.69) is 26.2 Å². The predicted octanol–water partition coefficient (Wildman–Crippen LogP) is 1.42. The normalized spacial score (nSPS) is 26.6. The molecule has 10 nitrogen and oxygen atoms in total. The van der Waals surface area contributed by atoms with E-state index in [1.807, 2.05) is 29.2 Å². The third kappa shape index (κ3) is 5.71. The fourth-order valence-electron chi connectivity index (χ4n) is 5.82. The molecule has 2 aromatic carbocycles. The van der Waals surface area contributed by atoms with Gasteiger partial charge in [0.05, 0.1) is 27.0 Å². The van der Waals surface area contributed by atoms with Crippen LogP contribution in [0.15, 0.2) is 47.4 Å². The Hall–Kier alpha value is -2.68. The van der Waals surface area contributed by atoms with Gasteiger partial charge in [-0.15, -0.1) is 11.3 Å². The van der Waals surface area contributed by atoms with Gasteiger partial charge in [-0.05, 0) is 49.7 Å². The van der Waals surface area contributed by atoms with Crippen LogP contribution < -0.4 is 26.2 Å². The van der Waals surface area contributed by atoms with Gasteiger partial charge in [-0.2, -0.15) is 0 Å². The molecule has 0 bridgehead atoms. The lowest BCUT2D eigenvalue weighted by Crippen LogP contribution is -2.72. The van der Waals surface area contributed by atoms with Gasteiger partial charge in [0, 0.05) is 45.0 Å². The highest BCUT2D eigenvalue weighted by Gasteiger charge is 2.42. The van der Waals surface area contributed by atoms with Crippen LogP contribution in [0.25, 0.3) is 10.2 Å². The summed E-state index contributed by atoms with van der Waals surface area (Å²) in [6.07, 6.45) is 2.50. The van der Waals surface area contributed by atoms with Gasteiger partial charge in [-0.1, -0.05) is 12.1 Å². The fraction of sp³-hybridized carbons (Fsp3) is 0.481. The second kappa shape index (κ2) is 11.3.